The molecule has 0 spiro atoms. The summed E-state index contributed by atoms with van der Waals surface area (Å²) in [4.78, 5) is 38.2. The molecule has 0 unspecified atom stereocenters. The Morgan fingerprint density at radius 2 is 2.15 bits per heavy atom. The first-order valence-electron chi connectivity index (χ1n) is 8.61. The largest absolute Gasteiger partial charge is 0.390 e. The van der Waals surface area contributed by atoms with Gasteiger partial charge in [0.25, 0.3) is 11.5 Å². The summed E-state index contributed by atoms with van der Waals surface area (Å²) in [7, 11) is 0. The highest BCUT2D eigenvalue weighted by atomic mass is 35.5. The molecule has 27 heavy (non-hydrogen) atoms. The molecule has 1 saturated heterocycles. The number of hydrogen-bond donors (Lipinski definition) is 3. The summed E-state index contributed by atoms with van der Waals surface area (Å²) in [6.45, 7) is 1.86. The summed E-state index contributed by atoms with van der Waals surface area (Å²) < 4.78 is 7.00. The van der Waals surface area contributed by atoms with Gasteiger partial charge in [-0.05, 0) is 18.6 Å². The van der Waals surface area contributed by atoms with Crippen LogP contribution in [0.15, 0.2) is 40.1 Å². The lowest BCUT2D eigenvalue weighted by Gasteiger charge is -2.17. The molecule has 1 aromatic heterocycles. The maximum atomic E-state index is 12.2. The van der Waals surface area contributed by atoms with Gasteiger partial charge in [-0.1, -0.05) is 30.7 Å². The second-order valence-corrected chi connectivity index (χ2v) is 6.70. The van der Waals surface area contributed by atoms with Crippen molar-refractivity contribution in [3.8, 4) is 0 Å². The summed E-state index contributed by atoms with van der Waals surface area (Å²) in [5, 5.41) is 13.2. The highest BCUT2D eigenvalue weighted by Crippen LogP contribution is 2.27. The quantitative estimate of drug-likeness (QED) is 0.696. The van der Waals surface area contributed by atoms with E-state index < -0.39 is 29.7 Å². The van der Waals surface area contributed by atoms with E-state index in [1.807, 2.05) is 0 Å². The van der Waals surface area contributed by atoms with E-state index in [0.29, 0.717) is 22.6 Å². The van der Waals surface area contributed by atoms with Crippen molar-refractivity contribution < 1.29 is 14.6 Å². The molecular weight excluding hydrogens is 374 g/mol. The molecule has 1 fully saturated rings. The third-order valence-electron chi connectivity index (χ3n) is 4.52. The number of H-pyrrole nitrogens is 1. The van der Waals surface area contributed by atoms with Crippen LogP contribution in [0.1, 0.15) is 35.5 Å². The number of amides is 1. The normalized spacial score (nSPS) is 22.0. The van der Waals surface area contributed by atoms with E-state index in [9.17, 15) is 19.5 Å². The minimum atomic E-state index is -0.870. The van der Waals surface area contributed by atoms with Crippen LogP contribution in [-0.2, 0) is 11.2 Å². The molecule has 3 rings (SSSR count). The molecule has 144 valence electrons. The van der Waals surface area contributed by atoms with Gasteiger partial charge in [-0.2, -0.15) is 0 Å². The number of aliphatic hydroxyl groups excluding tert-OH is 1. The van der Waals surface area contributed by atoms with Crippen molar-refractivity contribution in [1.29, 1.82) is 0 Å². The van der Waals surface area contributed by atoms with Gasteiger partial charge in [0.2, 0.25) is 0 Å². The fraction of sp³-hybridized carbons (Fsp3) is 0.389. The van der Waals surface area contributed by atoms with Crippen LogP contribution < -0.4 is 16.6 Å². The third kappa shape index (κ3) is 4.13. The molecule has 0 bridgehead atoms. The number of aryl methyl sites for hydroxylation is 1. The van der Waals surface area contributed by atoms with Gasteiger partial charge in [-0.3, -0.25) is 19.1 Å². The van der Waals surface area contributed by atoms with Crippen molar-refractivity contribution >= 4 is 17.5 Å². The predicted octanol–water partition coefficient (Wildman–Crippen LogP) is 0.831. The van der Waals surface area contributed by atoms with Gasteiger partial charge in [0, 0.05) is 24.7 Å². The molecule has 1 aliphatic heterocycles. The Labute approximate surface area is 159 Å². The number of halogens is 1. The number of carbonyl (C=O) groups excluding carboxylic acids is 1. The zero-order valence-corrected chi connectivity index (χ0v) is 15.4. The second-order valence-electron chi connectivity index (χ2n) is 6.30. The van der Waals surface area contributed by atoms with Crippen LogP contribution in [0.2, 0.25) is 5.02 Å². The lowest BCUT2D eigenvalue weighted by atomic mass is 10.1. The van der Waals surface area contributed by atoms with Crippen molar-refractivity contribution in [2.75, 3.05) is 6.54 Å². The molecule has 1 amide bonds. The zero-order chi connectivity index (χ0) is 19.6. The Hall–Kier alpha value is -2.42. The Morgan fingerprint density at radius 1 is 1.41 bits per heavy atom. The SMILES string of the molecule is CCc1cn([C@H]2C[C@H](O)[C@@H](CNC(=O)c3ccccc3Cl)O2)c(=O)[nH]c1=O. The molecular formula is C18H20ClN3O5. The van der Waals surface area contributed by atoms with Gasteiger partial charge < -0.3 is 15.2 Å². The zero-order valence-electron chi connectivity index (χ0n) is 14.6. The number of nitrogens with one attached hydrogen (secondary N) is 2. The van der Waals surface area contributed by atoms with Gasteiger partial charge >= 0.3 is 5.69 Å². The smallest absolute Gasteiger partial charge is 0.330 e. The monoisotopic (exact) mass is 393 g/mol. The first kappa shape index (κ1) is 19.3. The fourth-order valence-electron chi connectivity index (χ4n) is 3.00. The van der Waals surface area contributed by atoms with Crippen molar-refractivity contribution in [1.82, 2.24) is 14.9 Å². The molecule has 1 aliphatic rings. The van der Waals surface area contributed by atoms with E-state index in [4.69, 9.17) is 16.3 Å². The van der Waals surface area contributed by atoms with Crippen LogP contribution >= 0.6 is 11.6 Å². The van der Waals surface area contributed by atoms with Crippen LogP contribution in [0.25, 0.3) is 0 Å². The number of hydrogen-bond acceptors (Lipinski definition) is 5. The molecule has 3 N–H and O–H groups in total. The number of ether oxygens (including phenoxy) is 1. The lowest BCUT2D eigenvalue weighted by molar-refractivity contribution is -0.0187. The van der Waals surface area contributed by atoms with Gasteiger partial charge in [-0.25, -0.2) is 4.79 Å². The van der Waals surface area contributed by atoms with Crippen LogP contribution in [0.5, 0.6) is 0 Å². The summed E-state index contributed by atoms with van der Waals surface area (Å²) >= 11 is 6.00. The first-order valence-corrected chi connectivity index (χ1v) is 8.99. The highest BCUT2D eigenvalue weighted by Gasteiger charge is 2.35. The standard InChI is InChI=1S/C18H20ClN3O5/c1-2-10-9-22(18(26)21-16(10)24)15-7-13(23)14(27-15)8-20-17(25)11-5-3-4-6-12(11)19/h3-6,9,13-15,23H,2,7-8H2,1H3,(H,20,25)(H,21,24,26)/t13-,14+,15+/m0/s1. The number of aliphatic hydroxyl groups is 1. The topological polar surface area (TPSA) is 113 Å². The number of aromatic nitrogens is 2. The van der Waals surface area contributed by atoms with Gasteiger partial charge in [0.05, 0.1) is 16.7 Å². The van der Waals surface area contributed by atoms with E-state index in [1.54, 1.807) is 31.2 Å². The Balaban J connectivity index is 1.69. The lowest BCUT2D eigenvalue weighted by Crippen LogP contribution is -2.37. The molecule has 1 aromatic carbocycles. The van der Waals surface area contributed by atoms with Crippen LogP contribution in [0.3, 0.4) is 0 Å². The summed E-state index contributed by atoms with van der Waals surface area (Å²) in [5.74, 6) is -0.380. The Kier molecular flexibility index (Phi) is 5.79. The van der Waals surface area contributed by atoms with Gasteiger partial charge in [0.1, 0.15) is 12.3 Å². The van der Waals surface area contributed by atoms with Gasteiger partial charge in [-0.15, -0.1) is 0 Å². The van der Waals surface area contributed by atoms with Crippen LogP contribution in [0, 0.1) is 0 Å². The van der Waals surface area contributed by atoms with Crippen LogP contribution in [0.4, 0.5) is 0 Å². The number of nitrogens with zero attached hydrogens (tertiary/aromatic N) is 1. The van der Waals surface area contributed by atoms with Crippen molar-refractivity contribution in [2.45, 2.75) is 38.2 Å². The molecule has 2 heterocycles. The third-order valence-corrected chi connectivity index (χ3v) is 4.85. The molecule has 0 radical (unpaired) electrons. The molecule has 2 aromatic rings. The van der Waals surface area contributed by atoms with E-state index >= 15 is 0 Å². The fourth-order valence-corrected chi connectivity index (χ4v) is 3.22. The molecule has 0 aliphatic carbocycles. The maximum absolute atomic E-state index is 12.2. The molecule has 3 atom stereocenters. The maximum Gasteiger partial charge on any atom is 0.330 e. The van der Waals surface area contributed by atoms with E-state index in [0.717, 1.165) is 0 Å². The van der Waals surface area contributed by atoms with Crippen molar-refractivity contribution in [2.24, 2.45) is 0 Å². The highest BCUT2D eigenvalue weighted by molar-refractivity contribution is 6.33. The minimum Gasteiger partial charge on any atom is -0.390 e. The van der Waals surface area contributed by atoms with Crippen LogP contribution in [-0.4, -0.2) is 39.3 Å². The Bertz CT molecular complexity index is 954. The number of carbonyl (C=O) groups is 1. The number of aromatic amines is 1. The first-order chi connectivity index (χ1) is 12.9. The predicted molar refractivity (Wildman–Crippen MR) is 99.0 cm³/mol. The van der Waals surface area contributed by atoms with E-state index in [2.05, 4.69) is 10.3 Å². The summed E-state index contributed by atoms with van der Waals surface area (Å²) in [6.07, 6.45) is -0.208. The molecule has 9 heteroatoms. The summed E-state index contributed by atoms with van der Waals surface area (Å²) in [5.41, 5.74) is -0.258. The average Bonchev–Trinajstić information content (AvgIpc) is 3.00. The molecule has 0 saturated carbocycles. The summed E-state index contributed by atoms with van der Waals surface area (Å²) in [6, 6.07) is 6.63. The molecule has 8 nitrogen and oxygen atoms in total. The van der Waals surface area contributed by atoms with Crippen molar-refractivity contribution in [3.05, 3.63) is 67.4 Å². The Morgan fingerprint density at radius 3 is 2.85 bits per heavy atom. The minimum absolute atomic E-state index is 0.0560. The number of rotatable bonds is 5. The second kappa shape index (κ2) is 8.08. The average molecular weight is 394 g/mol. The van der Waals surface area contributed by atoms with E-state index in [-0.39, 0.29) is 18.9 Å². The van der Waals surface area contributed by atoms with E-state index in [1.165, 1.54) is 10.8 Å². The number of benzene rings is 1. The van der Waals surface area contributed by atoms with Crippen molar-refractivity contribution in [3.63, 3.8) is 0 Å². The van der Waals surface area contributed by atoms with Gasteiger partial charge in [0.15, 0.2) is 0 Å².